The highest BCUT2D eigenvalue weighted by atomic mass is 32.1. The molecule has 1 unspecified atom stereocenters. The minimum atomic E-state index is -0.240. The Labute approximate surface area is 171 Å². The average Bonchev–Trinajstić information content (AvgIpc) is 3.25. The Morgan fingerprint density at radius 2 is 2.00 bits per heavy atom. The lowest BCUT2D eigenvalue weighted by Crippen LogP contribution is -2.20. The van der Waals surface area contributed by atoms with Crippen molar-refractivity contribution in [2.75, 3.05) is 5.32 Å². The van der Waals surface area contributed by atoms with Gasteiger partial charge in [-0.05, 0) is 62.5 Å². The molecule has 1 aromatic carbocycles. The number of benzene rings is 1. The first-order valence-corrected chi connectivity index (χ1v) is 10.6. The summed E-state index contributed by atoms with van der Waals surface area (Å²) in [5.41, 5.74) is 4.87. The molecular formula is C22H21FN4OS. The van der Waals surface area contributed by atoms with Gasteiger partial charge < -0.3 is 9.88 Å². The molecule has 1 atom stereocenters. The number of halogens is 1. The summed E-state index contributed by atoms with van der Waals surface area (Å²) in [6, 6.07) is 5.85. The zero-order chi connectivity index (χ0) is 20.1. The first-order valence-electron chi connectivity index (χ1n) is 9.80. The van der Waals surface area contributed by atoms with E-state index in [-0.39, 0.29) is 17.4 Å². The lowest BCUT2D eigenvalue weighted by atomic mass is 9.96. The molecule has 7 heteroatoms. The molecule has 0 fully saturated rings. The minimum absolute atomic E-state index is 0.0767. The van der Waals surface area contributed by atoms with Crippen molar-refractivity contribution in [3.05, 3.63) is 68.4 Å². The molecule has 0 bridgehead atoms. The summed E-state index contributed by atoms with van der Waals surface area (Å²) in [4.78, 5) is 21.1. The molecule has 5 rings (SSSR count). The van der Waals surface area contributed by atoms with E-state index in [1.807, 2.05) is 19.9 Å². The van der Waals surface area contributed by atoms with Gasteiger partial charge in [-0.25, -0.2) is 9.37 Å². The maximum atomic E-state index is 13.5. The Kier molecular flexibility index (Phi) is 4.35. The molecule has 0 radical (unpaired) electrons. The van der Waals surface area contributed by atoms with Crippen molar-refractivity contribution in [1.29, 1.82) is 0 Å². The number of aromatic nitrogens is 3. The summed E-state index contributed by atoms with van der Waals surface area (Å²) in [5.74, 6) is 0.474. The van der Waals surface area contributed by atoms with Crippen molar-refractivity contribution < 1.29 is 4.39 Å². The van der Waals surface area contributed by atoms with Gasteiger partial charge in [0.2, 0.25) is 5.95 Å². The van der Waals surface area contributed by atoms with Gasteiger partial charge in [-0.1, -0.05) is 6.08 Å². The van der Waals surface area contributed by atoms with Crippen molar-refractivity contribution in [2.24, 2.45) is 0 Å². The van der Waals surface area contributed by atoms with Crippen LogP contribution in [0.25, 0.3) is 10.2 Å². The van der Waals surface area contributed by atoms with E-state index in [4.69, 9.17) is 0 Å². The SMILES string of the molecule is Cc1nc2cc(C)c(Nc3nc(=O)cc4n3C(C3=CC=C(F)CC3)CC4)cc2s1. The van der Waals surface area contributed by atoms with E-state index in [9.17, 15) is 9.18 Å². The predicted molar refractivity (Wildman–Crippen MR) is 115 cm³/mol. The highest BCUT2D eigenvalue weighted by molar-refractivity contribution is 7.18. The van der Waals surface area contributed by atoms with E-state index in [1.165, 1.54) is 5.57 Å². The van der Waals surface area contributed by atoms with Gasteiger partial charge in [-0.2, -0.15) is 4.98 Å². The number of allylic oxidation sites excluding steroid dienone is 4. The Hall–Kier alpha value is -2.80. The van der Waals surface area contributed by atoms with Crippen molar-refractivity contribution in [3.8, 4) is 0 Å². The van der Waals surface area contributed by atoms with Crippen LogP contribution < -0.4 is 10.9 Å². The summed E-state index contributed by atoms with van der Waals surface area (Å²) >= 11 is 1.65. The van der Waals surface area contributed by atoms with Crippen molar-refractivity contribution >= 4 is 33.2 Å². The number of nitrogens with zero attached hydrogens (tertiary/aromatic N) is 3. The third kappa shape index (κ3) is 3.29. The van der Waals surface area contributed by atoms with Gasteiger partial charge in [-0.15, -0.1) is 11.3 Å². The second-order valence-corrected chi connectivity index (χ2v) is 8.92. The summed E-state index contributed by atoms with van der Waals surface area (Å²) in [6.45, 7) is 4.02. The number of hydrogen-bond acceptors (Lipinski definition) is 5. The van der Waals surface area contributed by atoms with E-state index in [2.05, 4.69) is 32.0 Å². The maximum absolute atomic E-state index is 13.5. The topological polar surface area (TPSA) is 59.8 Å². The summed E-state index contributed by atoms with van der Waals surface area (Å²) in [7, 11) is 0. The number of rotatable bonds is 3. The first-order chi connectivity index (χ1) is 14.0. The Morgan fingerprint density at radius 3 is 2.79 bits per heavy atom. The number of anilines is 2. The molecule has 3 aromatic rings. The van der Waals surface area contributed by atoms with Gasteiger partial charge in [0.1, 0.15) is 5.83 Å². The van der Waals surface area contributed by atoms with E-state index in [0.29, 0.717) is 18.8 Å². The first kappa shape index (κ1) is 18.2. The predicted octanol–water partition coefficient (Wildman–Crippen LogP) is 5.27. The summed E-state index contributed by atoms with van der Waals surface area (Å²) in [5, 5.41) is 4.43. The van der Waals surface area contributed by atoms with Crippen LogP contribution in [-0.2, 0) is 6.42 Å². The molecule has 5 nitrogen and oxygen atoms in total. The van der Waals surface area contributed by atoms with Gasteiger partial charge in [0.25, 0.3) is 5.56 Å². The van der Waals surface area contributed by atoms with E-state index >= 15 is 0 Å². The fourth-order valence-corrected chi connectivity index (χ4v) is 5.13. The second kappa shape index (κ2) is 6.91. The minimum Gasteiger partial charge on any atom is -0.325 e. The molecule has 0 saturated heterocycles. The number of aryl methyl sites for hydroxylation is 3. The monoisotopic (exact) mass is 408 g/mol. The van der Waals surface area contributed by atoms with Gasteiger partial charge >= 0.3 is 0 Å². The van der Waals surface area contributed by atoms with Crippen LogP contribution in [0, 0.1) is 13.8 Å². The molecule has 0 spiro atoms. The van der Waals surface area contributed by atoms with Gasteiger partial charge in [-0.3, -0.25) is 4.79 Å². The van der Waals surface area contributed by atoms with E-state index < -0.39 is 0 Å². The van der Waals surface area contributed by atoms with E-state index in [0.717, 1.165) is 45.0 Å². The van der Waals surface area contributed by atoms with Gasteiger partial charge in [0.05, 0.1) is 21.3 Å². The standard InChI is InChI=1S/C22H21FN4OS/c1-12-9-18-20(29-13(2)24-18)11-17(12)25-22-26-21(28)10-16-7-8-19(27(16)22)14-3-5-15(23)6-4-14/h3,5,9-11,19H,4,6-8H2,1-2H3,(H,25,26,28). The Balaban J connectivity index is 1.58. The highest BCUT2D eigenvalue weighted by Gasteiger charge is 2.28. The molecule has 0 saturated carbocycles. The summed E-state index contributed by atoms with van der Waals surface area (Å²) in [6.07, 6.45) is 6.29. The van der Waals surface area contributed by atoms with Crippen LogP contribution in [0.2, 0.25) is 0 Å². The molecule has 148 valence electrons. The zero-order valence-electron chi connectivity index (χ0n) is 16.3. The molecule has 3 heterocycles. The third-order valence-electron chi connectivity index (χ3n) is 5.68. The zero-order valence-corrected chi connectivity index (χ0v) is 17.1. The second-order valence-electron chi connectivity index (χ2n) is 7.68. The number of thiazole rings is 1. The van der Waals surface area contributed by atoms with Crippen LogP contribution in [0.4, 0.5) is 16.0 Å². The van der Waals surface area contributed by atoms with Crippen LogP contribution in [0.5, 0.6) is 0 Å². The fraction of sp³-hybridized carbons (Fsp3) is 0.318. The molecular weight excluding hydrogens is 387 g/mol. The smallest absolute Gasteiger partial charge is 0.274 e. The van der Waals surface area contributed by atoms with Crippen LogP contribution in [0.3, 0.4) is 0 Å². The fourth-order valence-electron chi connectivity index (χ4n) is 4.29. The average molecular weight is 409 g/mol. The van der Waals surface area contributed by atoms with Crippen molar-refractivity contribution in [1.82, 2.24) is 14.5 Å². The van der Waals surface area contributed by atoms with Gasteiger partial charge in [0, 0.05) is 23.9 Å². The van der Waals surface area contributed by atoms with Crippen LogP contribution in [-0.4, -0.2) is 14.5 Å². The molecule has 2 aromatic heterocycles. The lowest BCUT2D eigenvalue weighted by molar-refractivity contribution is 0.536. The molecule has 29 heavy (non-hydrogen) atoms. The van der Waals surface area contributed by atoms with E-state index in [1.54, 1.807) is 23.5 Å². The maximum Gasteiger partial charge on any atom is 0.274 e. The molecule has 1 aliphatic heterocycles. The number of fused-ring (bicyclic) bond motifs is 2. The normalized spacial score (nSPS) is 18.5. The number of nitrogens with one attached hydrogen (secondary N) is 1. The van der Waals surface area contributed by atoms with Crippen LogP contribution in [0.1, 0.15) is 41.6 Å². The third-order valence-corrected chi connectivity index (χ3v) is 6.61. The lowest BCUT2D eigenvalue weighted by Gasteiger charge is -2.24. The van der Waals surface area contributed by atoms with Crippen LogP contribution in [0.15, 0.2) is 46.5 Å². The Bertz CT molecular complexity index is 1250. The van der Waals surface area contributed by atoms with Gasteiger partial charge in [0.15, 0.2) is 0 Å². The molecule has 1 N–H and O–H groups in total. The quantitative estimate of drug-likeness (QED) is 0.641. The van der Waals surface area contributed by atoms with Crippen molar-refractivity contribution in [2.45, 2.75) is 45.6 Å². The van der Waals surface area contributed by atoms with Crippen molar-refractivity contribution in [3.63, 3.8) is 0 Å². The van der Waals surface area contributed by atoms with Crippen LogP contribution >= 0.6 is 11.3 Å². The highest BCUT2D eigenvalue weighted by Crippen LogP contribution is 2.39. The molecule has 1 aliphatic carbocycles. The Morgan fingerprint density at radius 1 is 1.14 bits per heavy atom. The molecule has 0 amide bonds. The molecule has 2 aliphatic rings. The summed E-state index contributed by atoms with van der Waals surface area (Å²) < 4.78 is 16.7. The number of hydrogen-bond donors (Lipinski definition) is 1. The largest absolute Gasteiger partial charge is 0.325 e.